The number of nitro groups is 1. The zero-order valence-corrected chi connectivity index (χ0v) is 14.7. The standard InChI is InChI=1S/C18H14BrNO5/c19-14-11-18-17(24-8-3-9-25-18)10-13(14)16(21)7-6-12-4-1-2-5-15(12)20(22)23/h1-2,4-7,10-11H,3,8-9H2/b7-6+. The maximum atomic E-state index is 12.5. The fourth-order valence-electron chi connectivity index (χ4n) is 2.42. The van der Waals surface area contributed by atoms with Crippen molar-refractivity contribution in [2.45, 2.75) is 6.42 Å². The Morgan fingerprint density at radius 2 is 1.84 bits per heavy atom. The third-order valence-corrected chi connectivity index (χ3v) is 4.31. The summed E-state index contributed by atoms with van der Waals surface area (Å²) < 4.78 is 11.8. The quantitative estimate of drug-likeness (QED) is 0.326. The highest BCUT2D eigenvalue weighted by Gasteiger charge is 2.17. The first-order valence-corrected chi connectivity index (χ1v) is 8.40. The Morgan fingerprint density at radius 1 is 1.16 bits per heavy atom. The first-order valence-electron chi connectivity index (χ1n) is 7.61. The third kappa shape index (κ3) is 3.88. The van der Waals surface area contributed by atoms with Crippen molar-refractivity contribution in [3.63, 3.8) is 0 Å². The molecule has 0 amide bonds. The Hall–Kier alpha value is -2.67. The first kappa shape index (κ1) is 17.2. The lowest BCUT2D eigenvalue weighted by atomic mass is 10.1. The summed E-state index contributed by atoms with van der Waals surface area (Å²) in [7, 11) is 0. The number of nitrogens with zero attached hydrogens (tertiary/aromatic N) is 1. The number of allylic oxidation sites excluding steroid dienone is 1. The van der Waals surface area contributed by atoms with Crippen molar-refractivity contribution in [2.75, 3.05) is 13.2 Å². The van der Waals surface area contributed by atoms with Gasteiger partial charge in [-0.1, -0.05) is 12.1 Å². The Labute approximate surface area is 152 Å². The molecule has 0 aliphatic carbocycles. The summed E-state index contributed by atoms with van der Waals surface area (Å²) in [4.78, 5) is 23.1. The van der Waals surface area contributed by atoms with Gasteiger partial charge in [0.2, 0.25) is 0 Å². The van der Waals surface area contributed by atoms with E-state index in [1.165, 1.54) is 18.2 Å². The molecule has 0 aromatic heterocycles. The van der Waals surface area contributed by atoms with Crippen LogP contribution in [0.25, 0.3) is 6.08 Å². The predicted molar refractivity (Wildman–Crippen MR) is 96.2 cm³/mol. The monoisotopic (exact) mass is 403 g/mol. The minimum Gasteiger partial charge on any atom is -0.490 e. The Balaban J connectivity index is 1.89. The van der Waals surface area contributed by atoms with Crippen LogP contribution in [0.1, 0.15) is 22.3 Å². The molecule has 1 heterocycles. The van der Waals surface area contributed by atoms with E-state index in [0.717, 1.165) is 6.42 Å². The molecule has 0 N–H and O–H groups in total. The molecule has 1 aliphatic heterocycles. The van der Waals surface area contributed by atoms with Gasteiger partial charge in [-0.3, -0.25) is 14.9 Å². The van der Waals surface area contributed by atoms with Gasteiger partial charge in [0.25, 0.3) is 5.69 Å². The molecule has 25 heavy (non-hydrogen) atoms. The summed E-state index contributed by atoms with van der Waals surface area (Å²) in [5.74, 6) is 0.812. The molecule has 1 aliphatic rings. The zero-order chi connectivity index (χ0) is 17.8. The minimum absolute atomic E-state index is 0.0516. The molecule has 7 heteroatoms. The third-order valence-electron chi connectivity index (χ3n) is 3.65. The number of halogens is 1. The van der Waals surface area contributed by atoms with Crippen LogP contribution in [0, 0.1) is 10.1 Å². The lowest BCUT2D eigenvalue weighted by molar-refractivity contribution is -0.385. The average molecular weight is 404 g/mol. The molecule has 0 atom stereocenters. The molecule has 0 fully saturated rings. The number of benzene rings is 2. The smallest absolute Gasteiger partial charge is 0.276 e. The number of ketones is 1. The van der Waals surface area contributed by atoms with E-state index in [2.05, 4.69) is 15.9 Å². The average Bonchev–Trinajstić information content (AvgIpc) is 2.83. The van der Waals surface area contributed by atoms with E-state index in [9.17, 15) is 14.9 Å². The Kier molecular flexibility index (Phi) is 5.14. The van der Waals surface area contributed by atoms with Crippen molar-refractivity contribution in [1.82, 2.24) is 0 Å². The first-order chi connectivity index (χ1) is 12.1. The van der Waals surface area contributed by atoms with Crippen LogP contribution in [0.5, 0.6) is 11.5 Å². The second-order valence-corrected chi connectivity index (χ2v) is 6.20. The summed E-state index contributed by atoms with van der Waals surface area (Å²) in [6.07, 6.45) is 3.52. The van der Waals surface area contributed by atoms with Gasteiger partial charge in [-0.25, -0.2) is 0 Å². The van der Waals surface area contributed by atoms with Gasteiger partial charge < -0.3 is 9.47 Å². The molecule has 2 aromatic carbocycles. The zero-order valence-electron chi connectivity index (χ0n) is 13.1. The van der Waals surface area contributed by atoms with Crippen molar-refractivity contribution in [2.24, 2.45) is 0 Å². The van der Waals surface area contributed by atoms with Gasteiger partial charge in [0.15, 0.2) is 17.3 Å². The number of para-hydroxylation sites is 1. The van der Waals surface area contributed by atoms with Crippen LogP contribution in [-0.2, 0) is 0 Å². The van der Waals surface area contributed by atoms with Crippen LogP contribution >= 0.6 is 15.9 Å². The molecule has 3 rings (SSSR count). The second kappa shape index (κ2) is 7.48. The molecular weight excluding hydrogens is 390 g/mol. The Bertz CT molecular complexity index is 863. The van der Waals surface area contributed by atoms with Gasteiger partial charge in [0.1, 0.15) is 0 Å². The molecule has 0 saturated heterocycles. The maximum Gasteiger partial charge on any atom is 0.276 e. The van der Waals surface area contributed by atoms with Crippen LogP contribution in [-0.4, -0.2) is 23.9 Å². The van der Waals surface area contributed by atoms with Crippen molar-refractivity contribution < 1.29 is 19.2 Å². The van der Waals surface area contributed by atoms with Crippen LogP contribution in [0.2, 0.25) is 0 Å². The highest BCUT2D eigenvalue weighted by atomic mass is 79.9. The summed E-state index contributed by atoms with van der Waals surface area (Å²) >= 11 is 3.37. The van der Waals surface area contributed by atoms with E-state index < -0.39 is 4.92 Å². The molecule has 6 nitrogen and oxygen atoms in total. The molecule has 0 saturated carbocycles. The number of carbonyl (C=O) groups excluding carboxylic acids is 1. The van der Waals surface area contributed by atoms with Crippen molar-refractivity contribution in [1.29, 1.82) is 0 Å². The summed E-state index contributed by atoms with van der Waals surface area (Å²) in [5, 5.41) is 11.0. The molecule has 0 spiro atoms. The topological polar surface area (TPSA) is 78.7 Å². The van der Waals surface area contributed by atoms with Crippen LogP contribution in [0.4, 0.5) is 5.69 Å². The Morgan fingerprint density at radius 3 is 2.56 bits per heavy atom. The van der Waals surface area contributed by atoms with Gasteiger partial charge in [0, 0.05) is 22.5 Å². The summed E-state index contributed by atoms with van der Waals surface area (Å²) in [5.41, 5.74) is 0.717. The lowest BCUT2D eigenvalue weighted by Gasteiger charge is -2.10. The fourth-order valence-corrected chi connectivity index (χ4v) is 2.94. The minimum atomic E-state index is -0.479. The van der Waals surface area contributed by atoms with E-state index in [-0.39, 0.29) is 11.5 Å². The molecule has 2 aromatic rings. The van der Waals surface area contributed by atoms with E-state index in [1.807, 2.05) is 0 Å². The van der Waals surface area contributed by atoms with Crippen LogP contribution < -0.4 is 9.47 Å². The number of hydrogen-bond acceptors (Lipinski definition) is 5. The number of nitro benzene ring substituents is 1. The maximum absolute atomic E-state index is 12.5. The van der Waals surface area contributed by atoms with E-state index >= 15 is 0 Å². The van der Waals surface area contributed by atoms with Gasteiger partial charge in [0.05, 0.1) is 23.7 Å². The van der Waals surface area contributed by atoms with Gasteiger partial charge in [-0.2, -0.15) is 0 Å². The molecule has 0 radical (unpaired) electrons. The SMILES string of the molecule is O=C(/C=C/c1ccccc1[N+](=O)[O-])c1cc2c(cc1Br)OCCCO2. The number of ether oxygens (including phenoxy) is 2. The fraction of sp³-hybridized carbons (Fsp3) is 0.167. The highest BCUT2D eigenvalue weighted by molar-refractivity contribution is 9.10. The predicted octanol–water partition coefficient (Wildman–Crippen LogP) is 4.41. The second-order valence-electron chi connectivity index (χ2n) is 5.34. The van der Waals surface area contributed by atoms with Crippen molar-refractivity contribution in [3.8, 4) is 11.5 Å². The lowest BCUT2D eigenvalue weighted by Crippen LogP contribution is -1.99. The van der Waals surface area contributed by atoms with E-state index in [4.69, 9.17) is 9.47 Å². The highest BCUT2D eigenvalue weighted by Crippen LogP contribution is 2.35. The largest absolute Gasteiger partial charge is 0.490 e. The van der Waals surface area contributed by atoms with E-state index in [1.54, 1.807) is 30.3 Å². The van der Waals surface area contributed by atoms with Crippen LogP contribution in [0.3, 0.4) is 0 Å². The van der Waals surface area contributed by atoms with Gasteiger partial charge in [-0.05, 0) is 46.3 Å². The number of hydrogen-bond donors (Lipinski definition) is 0. The number of fused-ring (bicyclic) bond motifs is 1. The number of carbonyl (C=O) groups is 1. The molecular formula is C18H14BrNO5. The molecule has 0 unspecified atom stereocenters. The normalized spacial score (nSPS) is 13.5. The molecule has 128 valence electrons. The van der Waals surface area contributed by atoms with E-state index in [0.29, 0.717) is 40.3 Å². The van der Waals surface area contributed by atoms with Gasteiger partial charge >= 0.3 is 0 Å². The van der Waals surface area contributed by atoms with Crippen molar-refractivity contribution >= 4 is 33.5 Å². The summed E-state index contributed by atoms with van der Waals surface area (Å²) in [6, 6.07) is 9.57. The summed E-state index contributed by atoms with van der Waals surface area (Å²) in [6.45, 7) is 1.08. The molecule has 0 bridgehead atoms. The van der Waals surface area contributed by atoms with Crippen molar-refractivity contribution in [3.05, 3.63) is 68.2 Å². The number of rotatable bonds is 4. The van der Waals surface area contributed by atoms with Crippen LogP contribution in [0.15, 0.2) is 46.9 Å². The van der Waals surface area contributed by atoms with Gasteiger partial charge in [-0.15, -0.1) is 0 Å².